The van der Waals surface area contributed by atoms with Crippen LogP contribution < -0.4 is 15.5 Å². The van der Waals surface area contributed by atoms with Crippen LogP contribution in [-0.2, 0) is 24.2 Å². The number of anilines is 1. The van der Waals surface area contributed by atoms with Gasteiger partial charge in [-0.05, 0) is 23.1 Å². The molecule has 0 fully saturated rings. The van der Waals surface area contributed by atoms with Crippen molar-refractivity contribution < 1.29 is 4.74 Å². The number of benzene rings is 1. The van der Waals surface area contributed by atoms with Gasteiger partial charge in [0.15, 0.2) is 0 Å². The van der Waals surface area contributed by atoms with Gasteiger partial charge in [0.05, 0.1) is 6.61 Å². The Hall–Kier alpha value is -1.10. The molecule has 1 aromatic rings. The second-order valence-electron chi connectivity index (χ2n) is 5.29. The van der Waals surface area contributed by atoms with Gasteiger partial charge in [-0.25, -0.2) is 0 Å². The highest BCUT2D eigenvalue weighted by Crippen LogP contribution is 2.35. The maximum Gasteiger partial charge on any atom is 0.0587 e. The summed E-state index contributed by atoms with van der Waals surface area (Å²) in [5.74, 6) is 0. The lowest BCUT2D eigenvalue weighted by Gasteiger charge is -2.19. The lowest BCUT2D eigenvalue weighted by Crippen LogP contribution is -2.27. The van der Waals surface area contributed by atoms with E-state index in [0.717, 1.165) is 39.3 Å². The van der Waals surface area contributed by atoms with Crippen LogP contribution in [0.3, 0.4) is 0 Å². The predicted octanol–water partition coefficient (Wildman–Crippen LogP) is 0.888. The largest absolute Gasteiger partial charge is 0.383 e. The maximum absolute atomic E-state index is 5.07. The molecule has 2 aliphatic rings. The van der Waals surface area contributed by atoms with Crippen molar-refractivity contribution >= 4 is 5.69 Å². The van der Waals surface area contributed by atoms with Crippen LogP contribution in [0.4, 0.5) is 5.69 Å². The number of methoxy groups -OCH3 is 1. The predicted molar refractivity (Wildman–Crippen MR) is 77.6 cm³/mol. The molecule has 1 aromatic carbocycles. The monoisotopic (exact) mass is 261 g/mol. The quantitative estimate of drug-likeness (QED) is 0.772. The van der Waals surface area contributed by atoms with Crippen LogP contribution in [0.5, 0.6) is 0 Å². The lowest BCUT2D eigenvalue weighted by molar-refractivity contribution is 0.199. The molecular weight excluding hydrogens is 238 g/mol. The molecule has 4 heteroatoms. The second-order valence-corrected chi connectivity index (χ2v) is 5.29. The first-order valence-corrected chi connectivity index (χ1v) is 7.19. The summed E-state index contributed by atoms with van der Waals surface area (Å²) in [4.78, 5) is 2.54. The van der Waals surface area contributed by atoms with E-state index in [9.17, 15) is 0 Å². The van der Waals surface area contributed by atoms with Gasteiger partial charge in [0.2, 0.25) is 0 Å². The zero-order valence-electron chi connectivity index (χ0n) is 11.7. The van der Waals surface area contributed by atoms with Crippen molar-refractivity contribution in [3.8, 4) is 0 Å². The Kier molecular flexibility index (Phi) is 4.01. The number of nitrogens with one attached hydrogen (secondary N) is 2. The molecule has 0 saturated heterocycles. The molecule has 0 radical (unpaired) electrons. The average molecular weight is 261 g/mol. The Morgan fingerprint density at radius 3 is 3.21 bits per heavy atom. The zero-order chi connectivity index (χ0) is 13.1. The fraction of sp³-hybridized carbons (Fsp3) is 0.600. The van der Waals surface area contributed by atoms with Crippen molar-refractivity contribution in [2.45, 2.75) is 19.5 Å². The molecule has 2 heterocycles. The highest BCUT2D eigenvalue weighted by molar-refractivity contribution is 5.66. The minimum absolute atomic E-state index is 0.774. The van der Waals surface area contributed by atoms with E-state index in [2.05, 4.69) is 27.7 Å². The molecule has 4 nitrogen and oxygen atoms in total. The Labute approximate surface area is 115 Å². The average Bonchev–Trinajstić information content (AvgIpc) is 2.74. The van der Waals surface area contributed by atoms with Crippen LogP contribution in [0.15, 0.2) is 12.1 Å². The normalized spacial score (nSPS) is 17.4. The number of hydrogen-bond donors (Lipinski definition) is 2. The number of rotatable bonds is 5. The molecule has 0 aromatic heterocycles. The third-order valence-electron chi connectivity index (χ3n) is 4.08. The van der Waals surface area contributed by atoms with Gasteiger partial charge in [0.1, 0.15) is 0 Å². The molecule has 0 amide bonds. The fourth-order valence-electron chi connectivity index (χ4n) is 3.12. The van der Waals surface area contributed by atoms with Gasteiger partial charge in [0.25, 0.3) is 0 Å². The van der Waals surface area contributed by atoms with E-state index in [0.29, 0.717) is 0 Å². The smallest absolute Gasteiger partial charge is 0.0587 e. The SMILES string of the molecule is COCCNCc1ccc2c3c1CCN3CCNC2. The third kappa shape index (κ3) is 2.61. The van der Waals surface area contributed by atoms with Crippen LogP contribution in [0.25, 0.3) is 0 Å². The zero-order valence-corrected chi connectivity index (χ0v) is 11.7. The van der Waals surface area contributed by atoms with Crippen LogP contribution >= 0.6 is 0 Å². The Balaban J connectivity index is 1.78. The molecule has 0 saturated carbocycles. The summed E-state index contributed by atoms with van der Waals surface area (Å²) < 4.78 is 5.07. The summed E-state index contributed by atoms with van der Waals surface area (Å²) in [5.41, 5.74) is 5.99. The minimum atomic E-state index is 0.774. The Morgan fingerprint density at radius 1 is 1.37 bits per heavy atom. The highest BCUT2D eigenvalue weighted by Gasteiger charge is 2.25. The first kappa shape index (κ1) is 12.9. The molecule has 0 spiro atoms. The Bertz CT molecular complexity index is 447. The first-order chi connectivity index (χ1) is 9.40. The van der Waals surface area contributed by atoms with E-state index in [1.807, 2.05) is 0 Å². The van der Waals surface area contributed by atoms with E-state index >= 15 is 0 Å². The summed E-state index contributed by atoms with van der Waals surface area (Å²) in [6.45, 7) is 7.06. The van der Waals surface area contributed by atoms with Gasteiger partial charge in [-0.1, -0.05) is 12.1 Å². The summed E-state index contributed by atoms with van der Waals surface area (Å²) in [5, 5.41) is 6.96. The van der Waals surface area contributed by atoms with Crippen molar-refractivity contribution in [1.29, 1.82) is 0 Å². The van der Waals surface area contributed by atoms with Gasteiger partial charge >= 0.3 is 0 Å². The second kappa shape index (κ2) is 5.90. The molecule has 0 aliphatic carbocycles. The number of ether oxygens (including phenoxy) is 1. The highest BCUT2D eigenvalue weighted by atomic mass is 16.5. The fourth-order valence-corrected chi connectivity index (χ4v) is 3.12. The van der Waals surface area contributed by atoms with Crippen LogP contribution in [0.1, 0.15) is 16.7 Å². The topological polar surface area (TPSA) is 36.5 Å². The van der Waals surface area contributed by atoms with Crippen molar-refractivity contribution in [2.75, 3.05) is 44.8 Å². The molecule has 2 aliphatic heterocycles. The standard InChI is InChI=1S/C15H23N3O/c1-19-9-6-17-10-12-2-3-13-11-16-5-8-18-7-4-14(12)15(13)18/h2-3,16-17H,4-11H2,1H3. The summed E-state index contributed by atoms with van der Waals surface area (Å²) in [6, 6.07) is 4.59. The van der Waals surface area contributed by atoms with Crippen molar-refractivity contribution in [3.05, 3.63) is 28.8 Å². The maximum atomic E-state index is 5.07. The Morgan fingerprint density at radius 2 is 2.32 bits per heavy atom. The molecule has 0 atom stereocenters. The van der Waals surface area contributed by atoms with Crippen LogP contribution in [-0.4, -0.2) is 39.9 Å². The van der Waals surface area contributed by atoms with Gasteiger partial charge in [0, 0.05) is 52.1 Å². The van der Waals surface area contributed by atoms with Crippen LogP contribution in [0, 0.1) is 0 Å². The summed E-state index contributed by atoms with van der Waals surface area (Å²) in [7, 11) is 1.74. The van der Waals surface area contributed by atoms with Gasteiger partial charge in [-0.2, -0.15) is 0 Å². The van der Waals surface area contributed by atoms with Gasteiger partial charge < -0.3 is 20.3 Å². The van der Waals surface area contributed by atoms with Crippen molar-refractivity contribution in [1.82, 2.24) is 10.6 Å². The van der Waals surface area contributed by atoms with E-state index < -0.39 is 0 Å². The molecule has 0 unspecified atom stereocenters. The number of nitrogens with zero attached hydrogens (tertiary/aromatic N) is 1. The van der Waals surface area contributed by atoms with E-state index in [-0.39, 0.29) is 0 Å². The molecule has 3 rings (SSSR count). The molecule has 0 bridgehead atoms. The molecule has 2 N–H and O–H groups in total. The molecular formula is C15H23N3O. The lowest BCUT2D eigenvalue weighted by atomic mass is 10.0. The van der Waals surface area contributed by atoms with Crippen molar-refractivity contribution in [3.63, 3.8) is 0 Å². The summed E-state index contributed by atoms with van der Waals surface area (Å²) >= 11 is 0. The summed E-state index contributed by atoms with van der Waals surface area (Å²) in [6.07, 6.45) is 1.20. The van der Waals surface area contributed by atoms with Crippen molar-refractivity contribution in [2.24, 2.45) is 0 Å². The van der Waals surface area contributed by atoms with E-state index in [1.165, 1.54) is 29.8 Å². The van der Waals surface area contributed by atoms with E-state index in [4.69, 9.17) is 4.74 Å². The first-order valence-electron chi connectivity index (χ1n) is 7.19. The van der Waals surface area contributed by atoms with Crippen LogP contribution in [0.2, 0.25) is 0 Å². The van der Waals surface area contributed by atoms with E-state index in [1.54, 1.807) is 12.7 Å². The third-order valence-corrected chi connectivity index (χ3v) is 4.08. The molecule has 104 valence electrons. The number of hydrogen-bond acceptors (Lipinski definition) is 4. The minimum Gasteiger partial charge on any atom is -0.383 e. The van der Waals surface area contributed by atoms with Gasteiger partial charge in [-0.15, -0.1) is 0 Å². The molecule has 19 heavy (non-hydrogen) atoms. The van der Waals surface area contributed by atoms with Gasteiger partial charge in [-0.3, -0.25) is 0 Å².